The van der Waals surface area contributed by atoms with Crippen molar-refractivity contribution in [3.8, 4) is 0 Å². The van der Waals surface area contributed by atoms with Crippen LogP contribution in [0.25, 0.3) is 0 Å². The molecule has 70 valence electrons. The molecule has 0 spiro atoms. The average molecular weight is 182 g/mol. The molecule has 1 fully saturated rings. The lowest BCUT2D eigenvalue weighted by molar-refractivity contribution is -0.140. The minimum Gasteiger partial charge on any atom is -0.338 e. The lowest BCUT2D eigenvalue weighted by Gasteiger charge is -2.27. The molecule has 0 radical (unpaired) electrons. The van der Waals surface area contributed by atoms with Crippen LogP contribution in [0.15, 0.2) is 0 Å². The SMILES string of the molecule is O=C1NCCCN1CC(F)(F)F. The maximum absolute atomic E-state index is 11.8. The number of nitrogens with one attached hydrogen (secondary N) is 1. The van der Waals surface area contributed by atoms with Crippen LogP contribution in [-0.2, 0) is 0 Å². The van der Waals surface area contributed by atoms with E-state index < -0.39 is 18.8 Å². The third-order valence-electron chi connectivity index (χ3n) is 1.54. The van der Waals surface area contributed by atoms with Crippen LogP contribution < -0.4 is 5.32 Å². The molecule has 12 heavy (non-hydrogen) atoms. The Labute approximate surface area is 67.5 Å². The average Bonchev–Trinajstić information content (AvgIpc) is 1.91. The first-order valence-electron chi connectivity index (χ1n) is 3.58. The lowest BCUT2D eigenvalue weighted by Crippen LogP contribution is -2.49. The van der Waals surface area contributed by atoms with E-state index in [0.29, 0.717) is 13.0 Å². The van der Waals surface area contributed by atoms with E-state index in [0.717, 1.165) is 4.90 Å². The first-order valence-corrected chi connectivity index (χ1v) is 3.58. The Morgan fingerprint density at radius 1 is 1.50 bits per heavy atom. The lowest BCUT2D eigenvalue weighted by atomic mass is 10.3. The molecule has 1 N–H and O–H groups in total. The quantitative estimate of drug-likeness (QED) is 0.643. The molecule has 6 heteroatoms. The smallest absolute Gasteiger partial charge is 0.338 e. The number of hydrogen-bond acceptors (Lipinski definition) is 1. The molecule has 1 aliphatic rings. The Morgan fingerprint density at radius 2 is 2.17 bits per heavy atom. The van der Waals surface area contributed by atoms with E-state index in [-0.39, 0.29) is 6.54 Å². The number of amides is 2. The van der Waals surface area contributed by atoms with Crippen molar-refractivity contribution in [2.45, 2.75) is 12.6 Å². The predicted molar refractivity (Wildman–Crippen MR) is 35.6 cm³/mol. The monoisotopic (exact) mass is 182 g/mol. The van der Waals surface area contributed by atoms with Crippen LogP contribution in [0, 0.1) is 0 Å². The normalized spacial score (nSPS) is 19.2. The van der Waals surface area contributed by atoms with E-state index in [1.54, 1.807) is 0 Å². The Kier molecular flexibility index (Phi) is 2.44. The number of rotatable bonds is 1. The second kappa shape index (κ2) is 3.20. The predicted octanol–water partition coefficient (Wildman–Crippen LogP) is 0.964. The fraction of sp³-hybridized carbons (Fsp3) is 0.833. The molecular formula is C6H9F3N2O. The van der Waals surface area contributed by atoms with E-state index in [9.17, 15) is 18.0 Å². The van der Waals surface area contributed by atoms with Crippen molar-refractivity contribution in [1.29, 1.82) is 0 Å². The van der Waals surface area contributed by atoms with E-state index >= 15 is 0 Å². The summed E-state index contributed by atoms with van der Waals surface area (Å²) in [6.45, 7) is -0.503. The molecule has 0 bridgehead atoms. The maximum atomic E-state index is 11.8. The van der Waals surface area contributed by atoms with Crippen LogP contribution in [0.2, 0.25) is 0 Å². The van der Waals surface area contributed by atoms with Crippen LogP contribution in [0.4, 0.5) is 18.0 Å². The molecule has 1 rings (SSSR count). The molecule has 1 saturated heterocycles. The van der Waals surface area contributed by atoms with E-state index in [4.69, 9.17) is 0 Å². The number of alkyl halides is 3. The first-order chi connectivity index (χ1) is 5.49. The molecule has 1 heterocycles. The van der Waals surface area contributed by atoms with Gasteiger partial charge >= 0.3 is 12.2 Å². The molecule has 0 aliphatic carbocycles. The number of carbonyl (C=O) groups is 1. The van der Waals surface area contributed by atoms with Gasteiger partial charge < -0.3 is 10.2 Å². The topological polar surface area (TPSA) is 32.3 Å². The molecule has 2 amide bonds. The van der Waals surface area contributed by atoms with Gasteiger partial charge in [0.05, 0.1) is 0 Å². The molecular weight excluding hydrogens is 173 g/mol. The van der Waals surface area contributed by atoms with Crippen molar-refractivity contribution < 1.29 is 18.0 Å². The first kappa shape index (κ1) is 9.15. The second-order valence-corrected chi connectivity index (χ2v) is 2.62. The summed E-state index contributed by atoms with van der Waals surface area (Å²) < 4.78 is 35.4. The molecule has 0 unspecified atom stereocenters. The summed E-state index contributed by atoms with van der Waals surface area (Å²) in [6.07, 6.45) is -3.73. The number of halogens is 3. The van der Waals surface area contributed by atoms with Gasteiger partial charge in [-0.1, -0.05) is 0 Å². The minimum absolute atomic E-state index is 0.186. The standard InChI is InChI=1S/C6H9F3N2O/c7-6(8,9)4-11-3-1-2-10-5(11)12/h1-4H2,(H,10,12). The van der Waals surface area contributed by atoms with Gasteiger partial charge in [-0.15, -0.1) is 0 Å². The Hall–Kier alpha value is -0.940. The number of nitrogens with zero attached hydrogens (tertiary/aromatic N) is 1. The van der Waals surface area contributed by atoms with Crippen molar-refractivity contribution in [1.82, 2.24) is 10.2 Å². The van der Waals surface area contributed by atoms with Gasteiger partial charge in [0.1, 0.15) is 6.54 Å². The van der Waals surface area contributed by atoms with Gasteiger partial charge in [-0.2, -0.15) is 13.2 Å². The Balaban J connectivity index is 2.45. The highest BCUT2D eigenvalue weighted by molar-refractivity contribution is 5.74. The van der Waals surface area contributed by atoms with Crippen molar-refractivity contribution >= 4 is 6.03 Å². The van der Waals surface area contributed by atoms with Gasteiger partial charge in [0.15, 0.2) is 0 Å². The van der Waals surface area contributed by atoms with E-state index in [1.165, 1.54) is 0 Å². The summed E-state index contributed by atoms with van der Waals surface area (Å²) in [5, 5.41) is 2.34. The zero-order valence-corrected chi connectivity index (χ0v) is 6.32. The number of urea groups is 1. The molecule has 0 atom stereocenters. The van der Waals surface area contributed by atoms with E-state index in [1.807, 2.05) is 0 Å². The van der Waals surface area contributed by atoms with Gasteiger partial charge in [-0.25, -0.2) is 4.79 Å². The fourth-order valence-electron chi connectivity index (χ4n) is 1.05. The molecule has 0 aromatic carbocycles. The van der Waals surface area contributed by atoms with Crippen molar-refractivity contribution in [2.24, 2.45) is 0 Å². The van der Waals surface area contributed by atoms with Crippen molar-refractivity contribution in [2.75, 3.05) is 19.6 Å². The molecule has 1 aliphatic heterocycles. The highest BCUT2D eigenvalue weighted by atomic mass is 19.4. The van der Waals surface area contributed by atoms with Gasteiger partial charge in [-0.05, 0) is 6.42 Å². The third-order valence-corrected chi connectivity index (χ3v) is 1.54. The maximum Gasteiger partial charge on any atom is 0.406 e. The summed E-state index contributed by atoms with van der Waals surface area (Å²) in [5.74, 6) is 0. The molecule has 3 nitrogen and oxygen atoms in total. The summed E-state index contributed by atoms with van der Waals surface area (Å²) in [5.41, 5.74) is 0. The minimum atomic E-state index is -4.30. The highest BCUT2D eigenvalue weighted by Gasteiger charge is 2.33. The third kappa shape index (κ3) is 2.60. The zero-order valence-electron chi connectivity index (χ0n) is 6.32. The van der Waals surface area contributed by atoms with Crippen LogP contribution in [0.5, 0.6) is 0 Å². The van der Waals surface area contributed by atoms with Crippen LogP contribution in [0.3, 0.4) is 0 Å². The summed E-state index contributed by atoms with van der Waals surface area (Å²) in [6, 6.07) is -0.626. The summed E-state index contributed by atoms with van der Waals surface area (Å²) in [7, 11) is 0. The van der Waals surface area contributed by atoms with E-state index in [2.05, 4.69) is 5.32 Å². The fourth-order valence-corrected chi connectivity index (χ4v) is 1.05. The van der Waals surface area contributed by atoms with Crippen LogP contribution >= 0.6 is 0 Å². The van der Waals surface area contributed by atoms with Gasteiger partial charge in [0, 0.05) is 13.1 Å². The number of hydrogen-bond donors (Lipinski definition) is 1. The van der Waals surface area contributed by atoms with Crippen molar-refractivity contribution in [3.63, 3.8) is 0 Å². The zero-order chi connectivity index (χ0) is 9.19. The largest absolute Gasteiger partial charge is 0.406 e. The molecule has 0 aromatic heterocycles. The second-order valence-electron chi connectivity index (χ2n) is 2.62. The molecule has 0 saturated carbocycles. The van der Waals surface area contributed by atoms with Gasteiger partial charge in [-0.3, -0.25) is 0 Å². The number of carbonyl (C=O) groups excluding carboxylic acids is 1. The van der Waals surface area contributed by atoms with Gasteiger partial charge in [0.2, 0.25) is 0 Å². The summed E-state index contributed by atoms with van der Waals surface area (Å²) in [4.78, 5) is 11.6. The Morgan fingerprint density at radius 3 is 2.67 bits per heavy atom. The van der Waals surface area contributed by atoms with Crippen LogP contribution in [-0.4, -0.2) is 36.7 Å². The molecule has 0 aromatic rings. The van der Waals surface area contributed by atoms with Crippen molar-refractivity contribution in [3.05, 3.63) is 0 Å². The van der Waals surface area contributed by atoms with Crippen LogP contribution in [0.1, 0.15) is 6.42 Å². The highest BCUT2D eigenvalue weighted by Crippen LogP contribution is 2.17. The summed E-state index contributed by atoms with van der Waals surface area (Å²) >= 11 is 0. The van der Waals surface area contributed by atoms with Gasteiger partial charge in [0.25, 0.3) is 0 Å². The Bertz CT molecular complexity index is 180.